The molecule has 49 heavy (non-hydrogen) atoms. The molecule has 0 spiro atoms. The first kappa shape index (κ1) is 33.7. The molecule has 2 heterocycles. The number of aldehydes is 1. The summed E-state index contributed by atoms with van der Waals surface area (Å²) in [5, 5.41) is 55.2. The van der Waals surface area contributed by atoms with Gasteiger partial charge in [-0.25, -0.2) is 9.78 Å². The predicted octanol–water partition coefficient (Wildman–Crippen LogP) is 2.61. The molecule has 0 radical (unpaired) electrons. The number of benzene rings is 3. The largest absolute Gasteiger partial charge is 0.508 e. The average molecular weight is 671 g/mol. The number of fused-ring (bicyclic) bond motifs is 1. The van der Waals surface area contributed by atoms with Gasteiger partial charge >= 0.3 is 5.97 Å². The van der Waals surface area contributed by atoms with E-state index >= 15 is 0 Å². The number of phenols is 4. The van der Waals surface area contributed by atoms with E-state index in [-0.39, 0.29) is 54.3 Å². The zero-order chi connectivity index (χ0) is 35.1. The van der Waals surface area contributed by atoms with Crippen LogP contribution in [0.4, 0.5) is 0 Å². The van der Waals surface area contributed by atoms with Crippen LogP contribution in [-0.2, 0) is 20.8 Å². The van der Waals surface area contributed by atoms with Crippen molar-refractivity contribution >= 4 is 35.2 Å². The second kappa shape index (κ2) is 14.9. The van der Waals surface area contributed by atoms with Crippen molar-refractivity contribution in [2.24, 2.45) is 0 Å². The number of imidazole rings is 1. The van der Waals surface area contributed by atoms with Gasteiger partial charge in [0.05, 0.1) is 6.33 Å². The monoisotopic (exact) mass is 670 g/mol. The number of hydrogen-bond donors (Lipinski definition) is 8. The smallest absolute Gasteiger partial charge is 0.334 e. The molecule has 5 aromatic rings. The van der Waals surface area contributed by atoms with Gasteiger partial charge in [0.15, 0.2) is 17.3 Å². The molecule has 0 aliphatic carbocycles. The van der Waals surface area contributed by atoms with Crippen LogP contribution in [-0.4, -0.2) is 72.8 Å². The van der Waals surface area contributed by atoms with Gasteiger partial charge in [0, 0.05) is 61.1 Å². The first-order chi connectivity index (χ1) is 23.5. The lowest BCUT2D eigenvalue weighted by Crippen LogP contribution is -2.45. The molecule has 0 saturated carbocycles. The Hall–Kier alpha value is -6.61. The maximum Gasteiger partial charge on any atom is 0.334 e. The summed E-state index contributed by atoms with van der Waals surface area (Å²) in [7, 11) is 0. The summed E-state index contributed by atoms with van der Waals surface area (Å²) >= 11 is 0. The van der Waals surface area contributed by atoms with Crippen LogP contribution in [0.15, 0.2) is 81.9 Å². The standard InChI is InChI=1S/C34H30N4O11/c39-16-19(9-18-1-4-22(40)5-2-18)14-35-8-7-29(44)38-24(11-21-15-36-17-37-21)34(47)48-23-12-27(43)30-28(13-23)49-33(32(46)31(30)45)20-3-6-25(41)26(42)10-20/h1-6,9-10,12-13,15-17,24,35,40-43,46H,7-8,11,14H2,(H,36,37)(H,38,44)/b19-9-/t24-/m1/s1. The first-order valence-electron chi connectivity index (χ1n) is 14.7. The number of ether oxygens (including phenoxy) is 1. The van der Waals surface area contributed by atoms with Crippen molar-refractivity contribution in [3.8, 4) is 45.8 Å². The molecule has 0 unspecified atom stereocenters. The highest BCUT2D eigenvalue weighted by molar-refractivity contribution is 5.90. The number of aromatic amines is 1. The van der Waals surface area contributed by atoms with Crippen molar-refractivity contribution < 1.29 is 49.1 Å². The number of nitrogens with zero attached hydrogens (tertiary/aromatic N) is 1. The van der Waals surface area contributed by atoms with Crippen LogP contribution < -0.4 is 20.8 Å². The van der Waals surface area contributed by atoms with E-state index in [9.17, 15) is 44.7 Å². The second-order valence-electron chi connectivity index (χ2n) is 10.8. The van der Waals surface area contributed by atoms with Crippen molar-refractivity contribution in [1.29, 1.82) is 0 Å². The number of carbonyl (C=O) groups is 3. The van der Waals surface area contributed by atoms with Crippen molar-refractivity contribution in [2.45, 2.75) is 18.9 Å². The number of carbonyl (C=O) groups excluding carboxylic acids is 3. The van der Waals surface area contributed by atoms with E-state index in [4.69, 9.17) is 9.15 Å². The number of aromatic hydroxyl groups is 5. The van der Waals surface area contributed by atoms with E-state index in [0.717, 1.165) is 24.3 Å². The number of amides is 1. The lowest BCUT2D eigenvalue weighted by Gasteiger charge is -2.17. The molecule has 5 rings (SSSR count). The number of rotatable bonds is 13. The number of H-pyrrole nitrogens is 1. The highest BCUT2D eigenvalue weighted by atomic mass is 16.5. The Kier molecular flexibility index (Phi) is 10.2. The van der Waals surface area contributed by atoms with Crippen molar-refractivity contribution in [3.63, 3.8) is 0 Å². The van der Waals surface area contributed by atoms with Gasteiger partial charge in [0.2, 0.25) is 17.1 Å². The molecule has 0 fully saturated rings. The zero-order valence-corrected chi connectivity index (χ0v) is 25.5. The Balaban J connectivity index is 1.29. The molecule has 1 atom stereocenters. The zero-order valence-electron chi connectivity index (χ0n) is 25.5. The molecule has 0 bridgehead atoms. The van der Waals surface area contributed by atoms with E-state index in [1.807, 2.05) is 0 Å². The maximum absolute atomic E-state index is 13.3. The van der Waals surface area contributed by atoms with Crippen molar-refractivity contribution in [3.05, 3.63) is 94.2 Å². The normalized spacial score (nSPS) is 12.0. The minimum atomic E-state index is -1.23. The van der Waals surface area contributed by atoms with Gasteiger partial charge in [-0.05, 0) is 42.0 Å². The minimum absolute atomic E-state index is 0.0289. The third kappa shape index (κ3) is 8.22. The third-order valence-electron chi connectivity index (χ3n) is 7.23. The van der Waals surface area contributed by atoms with Gasteiger partial charge in [0.25, 0.3) is 0 Å². The van der Waals surface area contributed by atoms with Gasteiger partial charge in [-0.1, -0.05) is 12.1 Å². The Morgan fingerprint density at radius 1 is 0.980 bits per heavy atom. The van der Waals surface area contributed by atoms with Gasteiger partial charge in [0.1, 0.15) is 40.5 Å². The lowest BCUT2D eigenvalue weighted by molar-refractivity contribution is -0.139. The van der Waals surface area contributed by atoms with E-state index in [1.54, 1.807) is 18.2 Å². The highest BCUT2D eigenvalue weighted by Crippen LogP contribution is 2.38. The molecule has 15 heteroatoms. The summed E-state index contributed by atoms with van der Waals surface area (Å²) in [5.74, 6) is -4.52. The summed E-state index contributed by atoms with van der Waals surface area (Å²) in [4.78, 5) is 57.4. The predicted molar refractivity (Wildman–Crippen MR) is 174 cm³/mol. The number of hydrogen-bond acceptors (Lipinski definition) is 13. The van der Waals surface area contributed by atoms with Crippen LogP contribution in [0.2, 0.25) is 0 Å². The van der Waals surface area contributed by atoms with E-state index in [1.165, 1.54) is 30.7 Å². The first-order valence-corrected chi connectivity index (χ1v) is 14.7. The van der Waals surface area contributed by atoms with E-state index < -0.39 is 51.7 Å². The Morgan fingerprint density at radius 3 is 2.45 bits per heavy atom. The summed E-state index contributed by atoms with van der Waals surface area (Å²) in [6.45, 7) is 0.316. The molecular weight excluding hydrogens is 640 g/mol. The van der Waals surface area contributed by atoms with Crippen LogP contribution in [0.5, 0.6) is 34.5 Å². The molecule has 0 aliphatic rings. The SMILES string of the molecule is O=C/C(=C\c1ccc(O)cc1)CNCCC(=O)N[C@H](Cc1cnc[nH]1)C(=O)Oc1cc(O)c2c(=O)c(O)c(-c3ccc(O)c(O)c3)oc2c1. The van der Waals surface area contributed by atoms with Crippen LogP contribution >= 0.6 is 0 Å². The maximum atomic E-state index is 13.3. The summed E-state index contributed by atoms with van der Waals surface area (Å²) in [6, 6.07) is 10.6. The Morgan fingerprint density at radius 2 is 1.76 bits per heavy atom. The molecule has 1 amide bonds. The number of aromatic nitrogens is 2. The molecule has 3 aromatic carbocycles. The molecule has 0 aliphatic heterocycles. The highest BCUT2D eigenvalue weighted by Gasteiger charge is 2.26. The molecule has 8 N–H and O–H groups in total. The molecule has 2 aromatic heterocycles. The Bertz CT molecular complexity index is 2090. The van der Waals surface area contributed by atoms with Gasteiger partial charge in [-0.15, -0.1) is 0 Å². The fourth-order valence-corrected chi connectivity index (χ4v) is 4.79. The van der Waals surface area contributed by atoms with Crippen LogP contribution in [0, 0.1) is 0 Å². The van der Waals surface area contributed by atoms with Gasteiger partial charge in [-0.2, -0.15) is 0 Å². The summed E-state index contributed by atoms with van der Waals surface area (Å²) in [5.41, 5.74) is 0.361. The molecular formula is C34H30N4O11. The Labute approximate surface area is 276 Å². The van der Waals surface area contributed by atoms with Gasteiger partial charge in [-0.3, -0.25) is 14.4 Å². The lowest BCUT2D eigenvalue weighted by atomic mass is 10.1. The fraction of sp³-hybridized carbons (Fsp3) is 0.147. The van der Waals surface area contributed by atoms with Crippen molar-refractivity contribution in [1.82, 2.24) is 20.6 Å². The molecule has 252 valence electrons. The van der Waals surface area contributed by atoms with Crippen LogP contribution in [0.1, 0.15) is 17.7 Å². The number of esters is 1. The molecule has 15 nitrogen and oxygen atoms in total. The summed E-state index contributed by atoms with van der Waals surface area (Å²) < 4.78 is 11.1. The average Bonchev–Trinajstić information content (AvgIpc) is 3.59. The van der Waals surface area contributed by atoms with Crippen LogP contribution in [0.3, 0.4) is 0 Å². The topological polar surface area (TPSA) is 245 Å². The quantitative estimate of drug-likeness (QED) is 0.0225. The minimum Gasteiger partial charge on any atom is -0.508 e. The third-order valence-corrected chi connectivity index (χ3v) is 7.23. The van der Waals surface area contributed by atoms with Gasteiger partial charge < -0.3 is 50.3 Å². The molecule has 0 saturated heterocycles. The fourth-order valence-electron chi connectivity index (χ4n) is 4.79. The summed E-state index contributed by atoms with van der Waals surface area (Å²) in [6.07, 6.45) is 5.05. The van der Waals surface area contributed by atoms with E-state index in [0.29, 0.717) is 23.1 Å². The van der Waals surface area contributed by atoms with E-state index in [2.05, 4.69) is 20.6 Å². The number of phenolic OH excluding ortho intramolecular Hbond substituents is 4. The van der Waals surface area contributed by atoms with Crippen LogP contribution in [0.25, 0.3) is 28.4 Å². The second-order valence-corrected chi connectivity index (χ2v) is 10.8. The van der Waals surface area contributed by atoms with Crippen molar-refractivity contribution in [2.75, 3.05) is 13.1 Å². The number of nitrogens with one attached hydrogen (secondary N) is 3.